The van der Waals surface area contributed by atoms with Crippen molar-refractivity contribution >= 4 is 50.9 Å². The molecule has 0 fully saturated rings. The van der Waals surface area contributed by atoms with E-state index in [0.717, 1.165) is 35.6 Å². The van der Waals surface area contributed by atoms with Crippen molar-refractivity contribution in [1.82, 2.24) is 10.9 Å². The van der Waals surface area contributed by atoms with Crippen LogP contribution < -0.4 is 10.9 Å². The lowest BCUT2D eigenvalue weighted by molar-refractivity contribution is -0.117. The fourth-order valence-electron chi connectivity index (χ4n) is 2.23. The van der Waals surface area contributed by atoms with Crippen LogP contribution in [0.2, 0.25) is 5.02 Å². The van der Waals surface area contributed by atoms with Crippen molar-refractivity contribution in [2.24, 2.45) is 0 Å². The first-order valence-electron chi connectivity index (χ1n) is 7.47. The monoisotopic (exact) mass is 410 g/mol. The Kier molecular flexibility index (Phi) is 5.48. The molecule has 0 aliphatic carbocycles. The molecule has 2 N–H and O–H groups in total. The molecule has 2 aromatic carbocycles. The highest BCUT2D eigenvalue weighted by molar-refractivity contribution is 7.21. The van der Waals surface area contributed by atoms with Crippen LogP contribution in [0.15, 0.2) is 42.5 Å². The molecule has 1 heterocycles. The Labute approximate surface area is 160 Å². The second-order valence-electron chi connectivity index (χ2n) is 5.30. The van der Waals surface area contributed by atoms with Crippen molar-refractivity contribution in [3.63, 3.8) is 0 Å². The van der Waals surface area contributed by atoms with Crippen molar-refractivity contribution in [3.8, 4) is 0 Å². The number of fused-ring (bicyclic) bond motifs is 1. The fourth-order valence-corrected chi connectivity index (χ4v) is 3.67. The highest BCUT2D eigenvalue weighted by Gasteiger charge is 2.17. The van der Waals surface area contributed by atoms with Crippen LogP contribution >= 0.6 is 22.9 Å². The summed E-state index contributed by atoms with van der Waals surface area (Å²) in [6.07, 6.45) is 1.81. The maximum atomic E-state index is 13.5. The van der Waals surface area contributed by atoms with E-state index >= 15 is 0 Å². The molecule has 0 atom stereocenters. The molecule has 27 heavy (non-hydrogen) atoms. The largest absolute Gasteiger partial charge is 0.281 e. The topological polar surface area (TPSA) is 58.2 Å². The van der Waals surface area contributed by atoms with Gasteiger partial charge >= 0.3 is 0 Å². The van der Waals surface area contributed by atoms with E-state index in [1.807, 2.05) is 0 Å². The number of benzene rings is 2. The molecule has 0 bridgehead atoms. The Morgan fingerprint density at radius 1 is 1.04 bits per heavy atom. The molecule has 0 spiro atoms. The van der Waals surface area contributed by atoms with E-state index in [1.165, 1.54) is 24.3 Å². The second-order valence-corrected chi connectivity index (χ2v) is 6.73. The van der Waals surface area contributed by atoms with Crippen LogP contribution in [-0.2, 0) is 4.79 Å². The first kappa shape index (κ1) is 18.9. The van der Waals surface area contributed by atoms with Gasteiger partial charge in [0.15, 0.2) is 0 Å². The first-order chi connectivity index (χ1) is 12.9. The van der Waals surface area contributed by atoms with Gasteiger partial charge in [-0.25, -0.2) is 13.2 Å². The predicted molar refractivity (Wildman–Crippen MR) is 97.8 cm³/mol. The van der Waals surface area contributed by atoms with E-state index in [2.05, 4.69) is 10.9 Å². The number of carbonyl (C=O) groups is 2. The van der Waals surface area contributed by atoms with Gasteiger partial charge in [-0.05, 0) is 36.4 Å². The van der Waals surface area contributed by atoms with Crippen LogP contribution in [0.25, 0.3) is 16.2 Å². The van der Waals surface area contributed by atoms with Crippen molar-refractivity contribution in [2.45, 2.75) is 0 Å². The minimum Gasteiger partial charge on any atom is -0.268 e. The highest BCUT2D eigenvalue weighted by atomic mass is 35.5. The maximum absolute atomic E-state index is 13.5. The molecular weight excluding hydrogens is 401 g/mol. The van der Waals surface area contributed by atoms with Gasteiger partial charge in [-0.15, -0.1) is 11.3 Å². The van der Waals surface area contributed by atoms with Gasteiger partial charge in [-0.1, -0.05) is 17.7 Å². The summed E-state index contributed by atoms with van der Waals surface area (Å²) in [7, 11) is 0. The summed E-state index contributed by atoms with van der Waals surface area (Å²) in [5.41, 5.74) is 3.83. The second kappa shape index (κ2) is 7.81. The lowest BCUT2D eigenvalue weighted by Gasteiger charge is -2.04. The van der Waals surface area contributed by atoms with Gasteiger partial charge in [0.2, 0.25) is 0 Å². The van der Waals surface area contributed by atoms with E-state index in [9.17, 15) is 22.8 Å². The summed E-state index contributed by atoms with van der Waals surface area (Å²) >= 11 is 7.07. The smallest absolute Gasteiger partial charge is 0.268 e. The summed E-state index contributed by atoms with van der Waals surface area (Å²) in [5, 5.41) is 0.639. The average Bonchev–Trinajstić information content (AvgIpc) is 2.95. The number of carbonyl (C=O) groups excluding carboxylic acids is 2. The van der Waals surface area contributed by atoms with Crippen molar-refractivity contribution in [1.29, 1.82) is 0 Å². The quantitative estimate of drug-likeness (QED) is 0.495. The van der Waals surface area contributed by atoms with E-state index in [0.29, 0.717) is 10.1 Å². The normalized spacial score (nSPS) is 11.1. The number of hydrogen-bond acceptors (Lipinski definition) is 3. The summed E-state index contributed by atoms with van der Waals surface area (Å²) in [4.78, 5) is 24.0. The zero-order chi connectivity index (χ0) is 19.6. The Bertz CT molecular complexity index is 1060. The molecule has 3 rings (SSSR count). The summed E-state index contributed by atoms with van der Waals surface area (Å²) < 4.78 is 40.7. The van der Waals surface area contributed by atoms with Gasteiger partial charge in [-0.2, -0.15) is 0 Å². The summed E-state index contributed by atoms with van der Waals surface area (Å²) in [6, 6.07) is 7.21. The van der Waals surface area contributed by atoms with Gasteiger partial charge in [-0.3, -0.25) is 20.4 Å². The number of amides is 2. The maximum Gasteiger partial charge on any atom is 0.281 e. The van der Waals surface area contributed by atoms with Gasteiger partial charge in [0, 0.05) is 21.7 Å². The average molecular weight is 411 g/mol. The zero-order valence-electron chi connectivity index (χ0n) is 13.4. The van der Waals surface area contributed by atoms with Gasteiger partial charge < -0.3 is 0 Å². The first-order valence-corrected chi connectivity index (χ1v) is 8.66. The van der Waals surface area contributed by atoms with Crippen molar-refractivity contribution < 1.29 is 22.8 Å². The SMILES string of the molecule is O=C(C=Cc1c(F)cccc1F)NNC(=O)c1sc2cc(F)ccc2c1Cl. The van der Waals surface area contributed by atoms with Crippen LogP contribution in [0, 0.1) is 17.5 Å². The van der Waals surface area contributed by atoms with E-state index in [4.69, 9.17) is 11.6 Å². The minimum absolute atomic E-state index is 0.0849. The summed E-state index contributed by atoms with van der Waals surface area (Å²) in [6.45, 7) is 0. The van der Waals surface area contributed by atoms with Crippen molar-refractivity contribution in [3.05, 3.63) is 75.4 Å². The van der Waals surface area contributed by atoms with Crippen LogP contribution in [0.3, 0.4) is 0 Å². The van der Waals surface area contributed by atoms with Gasteiger partial charge in [0.1, 0.15) is 22.3 Å². The number of rotatable bonds is 3. The van der Waals surface area contributed by atoms with Crippen molar-refractivity contribution in [2.75, 3.05) is 0 Å². The molecule has 0 unspecified atom stereocenters. The fraction of sp³-hybridized carbons (Fsp3) is 0. The third-order valence-corrected chi connectivity index (χ3v) is 5.15. The van der Waals surface area contributed by atoms with Crippen LogP contribution in [-0.4, -0.2) is 11.8 Å². The lowest BCUT2D eigenvalue weighted by atomic mass is 10.2. The van der Waals surface area contributed by atoms with Gasteiger partial charge in [0.25, 0.3) is 11.8 Å². The molecule has 0 aliphatic rings. The molecule has 2 amide bonds. The molecule has 9 heteroatoms. The Balaban J connectivity index is 1.68. The zero-order valence-corrected chi connectivity index (χ0v) is 14.9. The number of hydrogen-bond donors (Lipinski definition) is 2. The Hall–Kier alpha value is -2.84. The minimum atomic E-state index is -0.827. The predicted octanol–water partition coefficient (Wildman–Crippen LogP) is 4.45. The molecule has 3 aromatic rings. The van der Waals surface area contributed by atoms with E-state index in [-0.39, 0.29) is 15.5 Å². The number of nitrogens with one attached hydrogen (secondary N) is 2. The number of hydrazine groups is 1. The Morgan fingerprint density at radius 3 is 2.44 bits per heavy atom. The van der Waals surface area contributed by atoms with Crippen LogP contribution in [0.1, 0.15) is 15.2 Å². The van der Waals surface area contributed by atoms with Gasteiger partial charge in [0.05, 0.1) is 5.02 Å². The molecular formula is C18H10ClF3N2O2S. The number of halogens is 4. The molecule has 1 aromatic heterocycles. The van der Waals surface area contributed by atoms with Crippen LogP contribution in [0.5, 0.6) is 0 Å². The van der Waals surface area contributed by atoms with E-state index in [1.54, 1.807) is 0 Å². The third-order valence-electron chi connectivity index (χ3n) is 3.50. The summed E-state index contributed by atoms with van der Waals surface area (Å²) in [5.74, 6) is -3.64. The molecule has 4 nitrogen and oxygen atoms in total. The molecule has 138 valence electrons. The molecule has 0 saturated carbocycles. The van der Waals surface area contributed by atoms with E-state index < -0.39 is 29.3 Å². The van der Waals surface area contributed by atoms with Crippen LogP contribution in [0.4, 0.5) is 13.2 Å². The highest BCUT2D eigenvalue weighted by Crippen LogP contribution is 2.35. The number of thiophene rings is 1. The standard InChI is InChI=1S/C18H10ClF3N2O2S/c19-16-11-5-4-9(20)8-14(11)27-17(16)18(26)24-23-15(25)7-6-10-12(21)2-1-3-13(10)22/h1-8H,(H,23,25)(H,24,26). The Morgan fingerprint density at radius 2 is 1.74 bits per heavy atom. The molecule has 0 radical (unpaired) electrons. The molecule has 0 saturated heterocycles. The third kappa shape index (κ3) is 4.12. The molecule has 0 aliphatic heterocycles. The lowest BCUT2D eigenvalue weighted by Crippen LogP contribution is -2.40.